The van der Waals surface area contributed by atoms with Crippen LogP contribution in [0.3, 0.4) is 0 Å². The van der Waals surface area contributed by atoms with Crippen molar-refractivity contribution >= 4 is 5.97 Å². The second-order valence-corrected chi connectivity index (χ2v) is 6.11. The number of aliphatic hydroxyl groups excluding tert-OH is 1. The Morgan fingerprint density at radius 2 is 1.95 bits per heavy atom. The Kier molecular flexibility index (Phi) is 6.75. The van der Waals surface area contributed by atoms with E-state index >= 15 is 0 Å². The van der Waals surface area contributed by atoms with Crippen LogP contribution in [-0.4, -0.2) is 61.0 Å². The lowest BCUT2D eigenvalue weighted by Crippen LogP contribution is -2.37. The van der Waals surface area contributed by atoms with Crippen molar-refractivity contribution in [1.29, 1.82) is 0 Å². The molecule has 1 fully saturated rings. The lowest BCUT2D eigenvalue weighted by atomic mass is 9.98. The number of β-amino-alcohol motifs (C(OH)–C–C–N with tert-alkyl or cyclic N) is 1. The number of likely N-dealkylation sites (tertiary alicyclic amines) is 1. The van der Waals surface area contributed by atoms with Crippen molar-refractivity contribution < 1.29 is 19.4 Å². The summed E-state index contributed by atoms with van der Waals surface area (Å²) in [5.74, 6) is 0.211. The molecule has 0 aliphatic carbocycles. The molecule has 5 heteroatoms. The monoisotopic (exact) mass is 273 g/mol. The first kappa shape index (κ1) is 16.4. The first-order valence-corrected chi connectivity index (χ1v) is 7.03. The number of carbonyl (C=O) groups excluding carboxylic acids is 1. The molecule has 0 bridgehead atoms. The van der Waals surface area contributed by atoms with Crippen molar-refractivity contribution in [3.8, 4) is 0 Å². The average Bonchev–Trinajstić information content (AvgIpc) is 2.29. The molecule has 0 radical (unpaired) electrons. The number of hydrogen-bond donors (Lipinski definition) is 1. The van der Waals surface area contributed by atoms with Gasteiger partial charge < -0.3 is 19.5 Å². The highest BCUT2D eigenvalue weighted by Gasteiger charge is 2.20. The van der Waals surface area contributed by atoms with Crippen molar-refractivity contribution in [2.24, 2.45) is 5.92 Å². The maximum absolute atomic E-state index is 11.5. The van der Waals surface area contributed by atoms with Gasteiger partial charge in [-0.2, -0.15) is 0 Å². The van der Waals surface area contributed by atoms with Crippen molar-refractivity contribution in [3.05, 3.63) is 0 Å². The number of ether oxygens (including phenoxy) is 2. The summed E-state index contributed by atoms with van der Waals surface area (Å²) in [4.78, 5) is 13.7. The third-order valence-electron chi connectivity index (χ3n) is 3.12. The molecule has 0 aromatic rings. The lowest BCUT2D eigenvalue weighted by molar-refractivity contribution is -0.160. The standard InChI is InChI=1S/C14H27NO4/c1-14(2,3)19-13(17)11-18-10-12-4-6-15(7-5-12)8-9-16/h12,16H,4-11H2,1-3H3. The van der Waals surface area contributed by atoms with Crippen molar-refractivity contribution in [2.45, 2.75) is 39.2 Å². The highest BCUT2D eigenvalue weighted by molar-refractivity contribution is 5.71. The predicted molar refractivity (Wildman–Crippen MR) is 72.9 cm³/mol. The SMILES string of the molecule is CC(C)(C)OC(=O)COCC1CCN(CCO)CC1. The minimum Gasteiger partial charge on any atom is -0.458 e. The summed E-state index contributed by atoms with van der Waals surface area (Å²) in [6.45, 7) is 9.18. The van der Waals surface area contributed by atoms with Crippen LogP contribution in [-0.2, 0) is 14.3 Å². The Morgan fingerprint density at radius 3 is 2.47 bits per heavy atom. The molecule has 1 aliphatic rings. The van der Waals surface area contributed by atoms with Crippen molar-refractivity contribution in [3.63, 3.8) is 0 Å². The Hall–Kier alpha value is -0.650. The van der Waals surface area contributed by atoms with Gasteiger partial charge in [0.05, 0.1) is 13.2 Å². The predicted octanol–water partition coefficient (Wildman–Crippen LogP) is 1.05. The molecule has 0 spiro atoms. The van der Waals surface area contributed by atoms with E-state index in [2.05, 4.69) is 4.90 Å². The molecule has 0 aromatic heterocycles. The summed E-state index contributed by atoms with van der Waals surface area (Å²) in [5.41, 5.74) is -0.448. The van der Waals surface area contributed by atoms with E-state index < -0.39 is 5.60 Å². The van der Waals surface area contributed by atoms with Gasteiger partial charge in [-0.25, -0.2) is 4.79 Å². The molecule has 5 nitrogen and oxygen atoms in total. The number of esters is 1. The first-order chi connectivity index (χ1) is 8.90. The van der Waals surface area contributed by atoms with E-state index in [-0.39, 0.29) is 19.2 Å². The summed E-state index contributed by atoms with van der Waals surface area (Å²) in [5, 5.41) is 8.86. The molecule has 0 aromatic carbocycles. The number of aliphatic hydroxyl groups is 1. The van der Waals surface area contributed by atoms with Crippen LogP contribution in [0.5, 0.6) is 0 Å². The summed E-state index contributed by atoms with van der Waals surface area (Å²) in [6, 6.07) is 0. The summed E-state index contributed by atoms with van der Waals surface area (Å²) in [7, 11) is 0. The largest absolute Gasteiger partial charge is 0.458 e. The number of piperidine rings is 1. The second kappa shape index (κ2) is 7.82. The van der Waals surface area contributed by atoms with E-state index in [1.165, 1.54) is 0 Å². The van der Waals surface area contributed by atoms with E-state index in [0.29, 0.717) is 12.5 Å². The van der Waals surface area contributed by atoms with E-state index in [0.717, 1.165) is 32.5 Å². The smallest absolute Gasteiger partial charge is 0.332 e. The van der Waals surface area contributed by atoms with Crippen LogP contribution in [0, 0.1) is 5.92 Å². The van der Waals surface area contributed by atoms with Crippen LogP contribution in [0.2, 0.25) is 0 Å². The number of carbonyl (C=O) groups is 1. The van der Waals surface area contributed by atoms with Crippen molar-refractivity contribution in [1.82, 2.24) is 4.90 Å². The highest BCUT2D eigenvalue weighted by atomic mass is 16.6. The molecule has 0 saturated carbocycles. The van der Waals surface area contributed by atoms with E-state index in [1.807, 2.05) is 20.8 Å². The van der Waals surface area contributed by atoms with Gasteiger partial charge in [-0.3, -0.25) is 0 Å². The normalized spacial score (nSPS) is 18.5. The van der Waals surface area contributed by atoms with Gasteiger partial charge in [0.15, 0.2) is 0 Å². The summed E-state index contributed by atoms with van der Waals surface area (Å²) >= 11 is 0. The van der Waals surface area contributed by atoms with Crippen LogP contribution < -0.4 is 0 Å². The third kappa shape index (κ3) is 7.50. The molecular formula is C14H27NO4. The zero-order chi connectivity index (χ0) is 14.3. The number of hydrogen-bond acceptors (Lipinski definition) is 5. The van der Waals surface area contributed by atoms with E-state index in [9.17, 15) is 4.79 Å². The van der Waals surface area contributed by atoms with Gasteiger partial charge >= 0.3 is 5.97 Å². The fraction of sp³-hybridized carbons (Fsp3) is 0.929. The molecule has 112 valence electrons. The molecule has 0 unspecified atom stereocenters. The zero-order valence-corrected chi connectivity index (χ0v) is 12.4. The van der Waals surface area contributed by atoms with Crippen molar-refractivity contribution in [2.75, 3.05) is 39.5 Å². The molecule has 1 aliphatic heterocycles. The van der Waals surface area contributed by atoms with Crippen LogP contribution in [0.4, 0.5) is 0 Å². The average molecular weight is 273 g/mol. The van der Waals surface area contributed by atoms with Gasteiger partial charge in [0.2, 0.25) is 0 Å². The van der Waals surface area contributed by atoms with E-state index in [1.54, 1.807) is 0 Å². The lowest BCUT2D eigenvalue weighted by Gasteiger charge is -2.31. The first-order valence-electron chi connectivity index (χ1n) is 7.03. The van der Waals surface area contributed by atoms with Crippen LogP contribution in [0.15, 0.2) is 0 Å². The Morgan fingerprint density at radius 1 is 1.32 bits per heavy atom. The molecule has 0 amide bonds. The molecular weight excluding hydrogens is 246 g/mol. The molecule has 1 rings (SSSR count). The molecule has 1 heterocycles. The molecule has 19 heavy (non-hydrogen) atoms. The number of rotatable bonds is 6. The van der Waals surface area contributed by atoms with Gasteiger partial charge in [0.25, 0.3) is 0 Å². The second-order valence-electron chi connectivity index (χ2n) is 6.11. The topological polar surface area (TPSA) is 59.0 Å². The van der Waals surface area contributed by atoms with Gasteiger partial charge in [0.1, 0.15) is 12.2 Å². The van der Waals surface area contributed by atoms with Crippen LogP contribution in [0.25, 0.3) is 0 Å². The van der Waals surface area contributed by atoms with Gasteiger partial charge in [-0.05, 0) is 52.6 Å². The fourth-order valence-corrected chi connectivity index (χ4v) is 2.20. The van der Waals surface area contributed by atoms with Gasteiger partial charge in [0, 0.05) is 6.54 Å². The van der Waals surface area contributed by atoms with Gasteiger partial charge in [-0.1, -0.05) is 0 Å². The minimum absolute atomic E-state index is 0.0358. The maximum atomic E-state index is 11.5. The minimum atomic E-state index is -0.448. The summed E-state index contributed by atoms with van der Waals surface area (Å²) in [6.07, 6.45) is 2.13. The molecule has 1 N–H and O–H groups in total. The fourth-order valence-electron chi connectivity index (χ4n) is 2.20. The zero-order valence-electron chi connectivity index (χ0n) is 12.4. The van der Waals surface area contributed by atoms with Crippen LogP contribution in [0.1, 0.15) is 33.6 Å². The Bertz CT molecular complexity index is 267. The molecule has 1 saturated heterocycles. The maximum Gasteiger partial charge on any atom is 0.332 e. The van der Waals surface area contributed by atoms with E-state index in [4.69, 9.17) is 14.6 Å². The third-order valence-corrected chi connectivity index (χ3v) is 3.12. The Balaban J connectivity index is 2.09. The highest BCUT2D eigenvalue weighted by Crippen LogP contribution is 2.17. The quantitative estimate of drug-likeness (QED) is 0.733. The Labute approximate surface area is 115 Å². The summed E-state index contributed by atoms with van der Waals surface area (Å²) < 4.78 is 10.6. The van der Waals surface area contributed by atoms with Gasteiger partial charge in [-0.15, -0.1) is 0 Å². The number of nitrogens with zero attached hydrogens (tertiary/aromatic N) is 1. The van der Waals surface area contributed by atoms with Crippen LogP contribution >= 0.6 is 0 Å². The molecule has 0 atom stereocenters.